The molecule has 0 radical (unpaired) electrons. The maximum Gasteiger partial charge on any atom is 0.331 e. The SMILES string of the molecule is CCN(C(=O)[C@@H](C)OC(=O)/C=C/c1ccc2c(c1)OCCCO2)c1ccccc1. The Balaban J connectivity index is 1.61. The fourth-order valence-electron chi connectivity index (χ4n) is 3.00. The van der Waals surface area contributed by atoms with Crippen molar-refractivity contribution >= 4 is 23.6 Å². The lowest BCUT2D eigenvalue weighted by atomic mass is 10.2. The average molecular weight is 395 g/mol. The smallest absolute Gasteiger partial charge is 0.331 e. The van der Waals surface area contributed by atoms with Crippen LogP contribution < -0.4 is 14.4 Å². The molecule has 1 aliphatic rings. The van der Waals surface area contributed by atoms with Crippen LogP contribution in [0.4, 0.5) is 5.69 Å². The van der Waals surface area contributed by atoms with Gasteiger partial charge in [-0.2, -0.15) is 0 Å². The number of esters is 1. The molecule has 0 bridgehead atoms. The van der Waals surface area contributed by atoms with Crippen molar-refractivity contribution < 1.29 is 23.8 Å². The van der Waals surface area contributed by atoms with Crippen molar-refractivity contribution in [1.82, 2.24) is 0 Å². The summed E-state index contributed by atoms with van der Waals surface area (Å²) in [6, 6.07) is 14.8. The lowest BCUT2D eigenvalue weighted by Gasteiger charge is -2.24. The minimum Gasteiger partial charge on any atom is -0.490 e. The number of rotatable bonds is 6. The number of carbonyl (C=O) groups excluding carboxylic acids is 2. The molecule has 0 spiro atoms. The zero-order valence-electron chi connectivity index (χ0n) is 16.7. The van der Waals surface area contributed by atoms with Crippen LogP contribution in [-0.2, 0) is 14.3 Å². The Morgan fingerprint density at radius 1 is 1.10 bits per heavy atom. The Morgan fingerprint density at radius 2 is 1.83 bits per heavy atom. The van der Waals surface area contributed by atoms with E-state index in [4.69, 9.17) is 14.2 Å². The zero-order valence-corrected chi connectivity index (χ0v) is 16.7. The fraction of sp³-hybridized carbons (Fsp3) is 0.304. The summed E-state index contributed by atoms with van der Waals surface area (Å²) < 4.78 is 16.5. The molecule has 0 unspecified atom stereocenters. The van der Waals surface area contributed by atoms with Gasteiger partial charge >= 0.3 is 5.97 Å². The molecule has 6 heteroatoms. The van der Waals surface area contributed by atoms with Gasteiger partial charge in [0.05, 0.1) is 13.2 Å². The molecule has 2 aromatic carbocycles. The van der Waals surface area contributed by atoms with Crippen LogP contribution in [0.1, 0.15) is 25.8 Å². The minimum absolute atomic E-state index is 0.268. The molecule has 1 aliphatic heterocycles. The number of anilines is 1. The highest BCUT2D eigenvalue weighted by Crippen LogP contribution is 2.30. The molecule has 6 nitrogen and oxygen atoms in total. The second-order valence-corrected chi connectivity index (χ2v) is 6.59. The van der Waals surface area contributed by atoms with E-state index >= 15 is 0 Å². The van der Waals surface area contributed by atoms with Gasteiger partial charge in [-0.25, -0.2) is 4.79 Å². The highest BCUT2D eigenvalue weighted by atomic mass is 16.5. The first-order chi connectivity index (χ1) is 14.1. The van der Waals surface area contributed by atoms with E-state index in [1.165, 1.54) is 6.08 Å². The molecule has 0 aromatic heterocycles. The van der Waals surface area contributed by atoms with Crippen LogP contribution >= 0.6 is 0 Å². The van der Waals surface area contributed by atoms with Crippen molar-refractivity contribution in [2.75, 3.05) is 24.7 Å². The van der Waals surface area contributed by atoms with E-state index in [1.54, 1.807) is 17.9 Å². The van der Waals surface area contributed by atoms with Crippen LogP contribution in [0.5, 0.6) is 11.5 Å². The Morgan fingerprint density at radius 3 is 2.55 bits per heavy atom. The summed E-state index contributed by atoms with van der Waals surface area (Å²) in [6.45, 7) is 5.16. The van der Waals surface area contributed by atoms with Gasteiger partial charge in [-0.3, -0.25) is 4.79 Å². The molecule has 0 saturated carbocycles. The standard InChI is InChI=1S/C23H25NO5/c1-3-24(19-8-5-4-6-9-19)23(26)17(2)29-22(25)13-11-18-10-12-20-21(16-18)28-15-7-14-27-20/h4-6,8-13,16-17H,3,7,14-15H2,1-2H3/b13-11+/t17-/m1/s1. The van der Waals surface area contributed by atoms with E-state index < -0.39 is 12.1 Å². The van der Waals surface area contributed by atoms with Crippen LogP contribution in [0.2, 0.25) is 0 Å². The number of likely N-dealkylation sites (N-methyl/N-ethyl adjacent to an activating group) is 1. The van der Waals surface area contributed by atoms with Crippen LogP contribution in [0, 0.1) is 0 Å². The zero-order chi connectivity index (χ0) is 20.6. The summed E-state index contributed by atoms with van der Waals surface area (Å²) in [5.41, 5.74) is 1.55. The van der Waals surface area contributed by atoms with Gasteiger partial charge in [0, 0.05) is 24.7 Å². The van der Waals surface area contributed by atoms with Crippen LogP contribution in [0.25, 0.3) is 6.08 Å². The number of carbonyl (C=O) groups is 2. The third-order valence-electron chi connectivity index (χ3n) is 4.47. The third-order valence-corrected chi connectivity index (χ3v) is 4.47. The van der Waals surface area contributed by atoms with Crippen molar-refractivity contribution in [2.24, 2.45) is 0 Å². The second kappa shape index (κ2) is 9.78. The molecule has 2 aromatic rings. The summed E-state index contributed by atoms with van der Waals surface area (Å²) in [7, 11) is 0. The summed E-state index contributed by atoms with van der Waals surface area (Å²) in [4.78, 5) is 26.4. The Kier molecular flexibility index (Phi) is 6.89. The van der Waals surface area contributed by atoms with Gasteiger partial charge in [0.25, 0.3) is 5.91 Å². The molecular formula is C23H25NO5. The number of ether oxygens (including phenoxy) is 3. The predicted octanol–water partition coefficient (Wildman–Crippen LogP) is 3.85. The van der Waals surface area contributed by atoms with Crippen molar-refractivity contribution in [3.05, 3.63) is 60.2 Å². The molecule has 0 aliphatic carbocycles. The van der Waals surface area contributed by atoms with E-state index in [1.807, 2.05) is 55.5 Å². The first-order valence-electron chi connectivity index (χ1n) is 9.73. The monoisotopic (exact) mass is 395 g/mol. The van der Waals surface area contributed by atoms with Gasteiger partial charge in [-0.05, 0) is 49.8 Å². The number of hydrogen-bond acceptors (Lipinski definition) is 5. The topological polar surface area (TPSA) is 65.1 Å². The largest absolute Gasteiger partial charge is 0.490 e. The Labute approximate surface area is 170 Å². The van der Waals surface area contributed by atoms with E-state index in [0.29, 0.717) is 31.3 Å². The molecule has 1 atom stereocenters. The number of amides is 1. The number of nitrogens with zero attached hydrogens (tertiary/aromatic N) is 1. The second-order valence-electron chi connectivity index (χ2n) is 6.59. The van der Waals surface area contributed by atoms with E-state index in [0.717, 1.165) is 17.7 Å². The highest BCUT2D eigenvalue weighted by molar-refractivity contribution is 5.98. The molecule has 0 saturated heterocycles. The molecule has 152 valence electrons. The first-order valence-corrected chi connectivity index (χ1v) is 9.73. The van der Waals surface area contributed by atoms with Crippen molar-refractivity contribution in [3.8, 4) is 11.5 Å². The van der Waals surface area contributed by atoms with Crippen LogP contribution in [-0.4, -0.2) is 37.7 Å². The molecule has 0 N–H and O–H groups in total. The van der Waals surface area contributed by atoms with Crippen LogP contribution in [0.15, 0.2) is 54.6 Å². The Hall–Kier alpha value is -3.28. The molecular weight excluding hydrogens is 370 g/mol. The normalized spacial score (nSPS) is 14.1. The van der Waals surface area contributed by atoms with Gasteiger partial charge < -0.3 is 19.1 Å². The number of para-hydroxylation sites is 1. The highest BCUT2D eigenvalue weighted by Gasteiger charge is 2.23. The third kappa shape index (κ3) is 5.38. The number of fused-ring (bicyclic) bond motifs is 1. The van der Waals surface area contributed by atoms with Gasteiger partial charge in [0.2, 0.25) is 0 Å². The lowest BCUT2D eigenvalue weighted by molar-refractivity contribution is -0.149. The fourth-order valence-corrected chi connectivity index (χ4v) is 3.00. The molecule has 1 amide bonds. The molecule has 1 heterocycles. The van der Waals surface area contributed by atoms with Gasteiger partial charge in [0.15, 0.2) is 17.6 Å². The van der Waals surface area contributed by atoms with Gasteiger partial charge in [-0.15, -0.1) is 0 Å². The summed E-state index contributed by atoms with van der Waals surface area (Å²) in [6.07, 6.45) is 2.87. The van der Waals surface area contributed by atoms with E-state index in [2.05, 4.69) is 0 Å². The first kappa shape index (κ1) is 20.5. The minimum atomic E-state index is -0.893. The summed E-state index contributed by atoms with van der Waals surface area (Å²) in [5, 5.41) is 0. The maximum atomic E-state index is 12.7. The van der Waals surface area contributed by atoms with Crippen molar-refractivity contribution in [2.45, 2.75) is 26.4 Å². The van der Waals surface area contributed by atoms with Gasteiger partial charge in [0.1, 0.15) is 0 Å². The summed E-state index contributed by atoms with van der Waals surface area (Å²) in [5.74, 6) is 0.503. The molecule has 0 fully saturated rings. The van der Waals surface area contributed by atoms with Crippen LogP contribution in [0.3, 0.4) is 0 Å². The number of hydrogen-bond donors (Lipinski definition) is 0. The quantitative estimate of drug-likeness (QED) is 0.549. The van der Waals surface area contributed by atoms with Crippen molar-refractivity contribution in [1.29, 1.82) is 0 Å². The predicted molar refractivity (Wildman–Crippen MR) is 111 cm³/mol. The molecule has 3 rings (SSSR count). The van der Waals surface area contributed by atoms with E-state index in [9.17, 15) is 9.59 Å². The summed E-state index contributed by atoms with van der Waals surface area (Å²) >= 11 is 0. The van der Waals surface area contributed by atoms with E-state index in [-0.39, 0.29) is 5.91 Å². The van der Waals surface area contributed by atoms with Gasteiger partial charge in [-0.1, -0.05) is 24.3 Å². The molecule has 29 heavy (non-hydrogen) atoms. The lowest BCUT2D eigenvalue weighted by Crippen LogP contribution is -2.39. The maximum absolute atomic E-state index is 12.7. The number of benzene rings is 2. The Bertz CT molecular complexity index is 878. The van der Waals surface area contributed by atoms with Crippen molar-refractivity contribution in [3.63, 3.8) is 0 Å². The average Bonchev–Trinajstić information content (AvgIpc) is 2.98.